The Balaban J connectivity index is 1.97. The van der Waals surface area contributed by atoms with Crippen LogP contribution in [0.1, 0.15) is 32.4 Å². The molecule has 2 aliphatic rings. The largest absolute Gasteiger partial charge is 0.459 e. The first-order valence-electron chi connectivity index (χ1n) is 9.27. The molecule has 7 heteroatoms. The lowest BCUT2D eigenvalue weighted by Gasteiger charge is -2.35. The maximum absolute atomic E-state index is 13.1. The monoisotopic (exact) mass is 404 g/mol. The van der Waals surface area contributed by atoms with Crippen molar-refractivity contribution in [2.45, 2.75) is 32.9 Å². The van der Waals surface area contributed by atoms with Crippen LogP contribution in [0.4, 0.5) is 0 Å². The summed E-state index contributed by atoms with van der Waals surface area (Å²) in [6.45, 7) is 5.42. The lowest BCUT2D eigenvalue weighted by molar-refractivity contribution is -0.143. The summed E-state index contributed by atoms with van der Waals surface area (Å²) >= 11 is 1.22. The van der Waals surface area contributed by atoms with Crippen LogP contribution in [-0.4, -0.2) is 22.1 Å². The molecule has 1 atom stereocenters. The third-order valence-electron chi connectivity index (χ3n) is 4.86. The second-order valence-corrected chi connectivity index (χ2v) is 8.09. The van der Waals surface area contributed by atoms with E-state index in [2.05, 4.69) is 11.1 Å². The van der Waals surface area contributed by atoms with Crippen molar-refractivity contribution in [3.8, 4) is 6.07 Å². The number of allylic oxidation sites excluding steroid dienone is 2. The molecule has 6 nitrogen and oxygen atoms in total. The van der Waals surface area contributed by atoms with Crippen molar-refractivity contribution in [3.63, 3.8) is 0 Å². The first-order valence-corrected chi connectivity index (χ1v) is 10.1. The molecule has 0 radical (unpaired) electrons. The van der Waals surface area contributed by atoms with Gasteiger partial charge in [-0.05, 0) is 48.9 Å². The van der Waals surface area contributed by atoms with E-state index in [1.165, 1.54) is 11.8 Å². The summed E-state index contributed by atoms with van der Waals surface area (Å²) in [7, 11) is 0. The van der Waals surface area contributed by atoms with Crippen LogP contribution in [0.2, 0.25) is 0 Å². The Morgan fingerprint density at radius 1 is 1.28 bits per heavy atom. The lowest BCUT2D eigenvalue weighted by Crippen LogP contribution is -2.39. The smallest absolute Gasteiger partial charge is 0.338 e. The molecule has 2 aliphatic heterocycles. The Labute approximate surface area is 173 Å². The van der Waals surface area contributed by atoms with Crippen LogP contribution in [0.25, 0.3) is 10.8 Å². The van der Waals surface area contributed by atoms with Gasteiger partial charge in [0.1, 0.15) is 16.8 Å². The van der Waals surface area contributed by atoms with E-state index in [4.69, 9.17) is 10.5 Å². The number of carbonyl (C=O) groups is 1. The highest BCUT2D eigenvalue weighted by Gasteiger charge is 2.43. The van der Waals surface area contributed by atoms with Gasteiger partial charge in [-0.3, -0.25) is 4.90 Å². The van der Waals surface area contributed by atoms with Gasteiger partial charge in [-0.2, -0.15) is 5.26 Å². The minimum Gasteiger partial charge on any atom is -0.459 e. The van der Waals surface area contributed by atoms with Crippen molar-refractivity contribution in [1.82, 2.24) is 4.90 Å². The second kappa shape index (κ2) is 7.30. The third kappa shape index (κ3) is 3.15. The summed E-state index contributed by atoms with van der Waals surface area (Å²) in [4.78, 5) is 19.8. The molecule has 0 aromatic heterocycles. The SMILES string of the molecule is CC1=C(C(=O)OC(C)C)[C@@H](c2cccc3ccccc23)N2C(=N1)SC(C#N)=C2N. The number of aliphatic imine (C=N–C) groups is 1. The van der Waals surface area contributed by atoms with Crippen LogP contribution in [0.15, 0.2) is 69.5 Å². The fraction of sp³-hybridized carbons (Fsp3) is 0.227. The van der Waals surface area contributed by atoms with Gasteiger partial charge in [0.2, 0.25) is 0 Å². The average Bonchev–Trinajstić information content (AvgIpc) is 3.01. The normalized spacial score (nSPS) is 18.8. The number of nitrogens with zero attached hydrogens (tertiary/aromatic N) is 3. The molecule has 0 saturated carbocycles. The summed E-state index contributed by atoms with van der Waals surface area (Å²) in [5, 5.41) is 12.1. The summed E-state index contributed by atoms with van der Waals surface area (Å²) in [6, 6.07) is 15.5. The van der Waals surface area contributed by atoms with Crippen LogP contribution in [0.5, 0.6) is 0 Å². The Morgan fingerprint density at radius 3 is 2.72 bits per heavy atom. The maximum atomic E-state index is 13.1. The van der Waals surface area contributed by atoms with Gasteiger partial charge in [-0.25, -0.2) is 9.79 Å². The number of nitriles is 1. The Morgan fingerprint density at radius 2 is 2.00 bits per heavy atom. The van der Waals surface area contributed by atoms with E-state index in [-0.39, 0.29) is 6.10 Å². The molecule has 2 N–H and O–H groups in total. The number of carbonyl (C=O) groups excluding carboxylic acids is 1. The molecular formula is C22H20N4O2S. The molecule has 29 heavy (non-hydrogen) atoms. The second-order valence-electron chi connectivity index (χ2n) is 7.12. The molecular weight excluding hydrogens is 384 g/mol. The zero-order valence-electron chi connectivity index (χ0n) is 16.3. The number of amidine groups is 1. The number of esters is 1. The molecule has 0 amide bonds. The molecule has 4 rings (SSSR count). The van der Waals surface area contributed by atoms with Crippen molar-refractivity contribution in [2.24, 2.45) is 10.7 Å². The molecule has 2 aromatic carbocycles. The van der Waals surface area contributed by atoms with E-state index in [1.54, 1.807) is 11.8 Å². The fourth-order valence-corrected chi connectivity index (χ4v) is 4.58. The Bertz CT molecular complexity index is 1150. The van der Waals surface area contributed by atoms with Crippen molar-refractivity contribution >= 4 is 33.7 Å². The van der Waals surface area contributed by atoms with E-state index >= 15 is 0 Å². The molecule has 0 aliphatic carbocycles. The number of rotatable bonds is 3. The van der Waals surface area contributed by atoms with E-state index in [9.17, 15) is 10.1 Å². The predicted octanol–water partition coefficient (Wildman–Crippen LogP) is 4.18. The van der Waals surface area contributed by atoms with Crippen LogP contribution < -0.4 is 5.73 Å². The highest BCUT2D eigenvalue weighted by Crippen LogP contribution is 2.46. The van der Waals surface area contributed by atoms with Gasteiger partial charge in [0.15, 0.2) is 5.17 Å². The van der Waals surface area contributed by atoms with Gasteiger partial charge >= 0.3 is 5.97 Å². The molecule has 0 unspecified atom stereocenters. The van der Waals surface area contributed by atoms with Crippen molar-refractivity contribution in [1.29, 1.82) is 5.26 Å². The van der Waals surface area contributed by atoms with Crippen LogP contribution in [0, 0.1) is 11.3 Å². The van der Waals surface area contributed by atoms with E-state index in [1.807, 2.05) is 56.3 Å². The third-order valence-corrected chi connectivity index (χ3v) is 5.83. The lowest BCUT2D eigenvalue weighted by atomic mass is 9.90. The summed E-state index contributed by atoms with van der Waals surface area (Å²) in [5.74, 6) is -0.127. The first-order chi connectivity index (χ1) is 13.9. The Hall–Kier alpha value is -3.24. The van der Waals surface area contributed by atoms with Crippen LogP contribution in [-0.2, 0) is 9.53 Å². The fourth-order valence-electron chi connectivity index (χ4n) is 3.66. The minimum atomic E-state index is -0.529. The quantitative estimate of drug-likeness (QED) is 0.772. The van der Waals surface area contributed by atoms with Gasteiger partial charge < -0.3 is 10.5 Å². The number of thioether (sulfide) groups is 1. The van der Waals surface area contributed by atoms with Crippen molar-refractivity contribution in [3.05, 3.63) is 70.0 Å². The first kappa shape index (κ1) is 19.1. The molecule has 0 fully saturated rings. The van der Waals surface area contributed by atoms with Crippen molar-refractivity contribution in [2.75, 3.05) is 0 Å². The number of benzene rings is 2. The number of ether oxygens (including phenoxy) is 1. The molecule has 2 heterocycles. The van der Waals surface area contributed by atoms with Gasteiger partial charge in [-0.1, -0.05) is 42.5 Å². The molecule has 0 spiro atoms. The molecule has 0 bridgehead atoms. The summed E-state index contributed by atoms with van der Waals surface area (Å²) < 4.78 is 5.54. The Kier molecular flexibility index (Phi) is 4.81. The number of hydrogen-bond donors (Lipinski definition) is 1. The minimum absolute atomic E-state index is 0.267. The number of hydrogen-bond acceptors (Lipinski definition) is 7. The van der Waals surface area contributed by atoms with Gasteiger partial charge in [0.05, 0.1) is 23.4 Å². The van der Waals surface area contributed by atoms with Crippen LogP contribution >= 0.6 is 11.8 Å². The highest BCUT2D eigenvalue weighted by atomic mass is 32.2. The summed E-state index contributed by atoms with van der Waals surface area (Å²) in [5.41, 5.74) is 8.24. The van der Waals surface area contributed by atoms with E-state index < -0.39 is 12.0 Å². The predicted molar refractivity (Wildman–Crippen MR) is 114 cm³/mol. The van der Waals surface area contributed by atoms with Crippen molar-refractivity contribution < 1.29 is 9.53 Å². The van der Waals surface area contributed by atoms with E-state index in [0.29, 0.717) is 27.2 Å². The zero-order chi connectivity index (χ0) is 20.7. The van der Waals surface area contributed by atoms with Gasteiger partial charge in [0, 0.05) is 0 Å². The van der Waals surface area contributed by atoms with Gasteiger partial charge in [0.25, 0.3) is 0 Å². The summed E-state index contributed by atoms with van der Waals surface area (Å²) in [6.07, 6.45) is -0.267. The van der Waals surface area contributed by atoms with Gasteiger partial charge in [-0.15, -0.1) is 0 Å². The number of fused-ring (bicyclic) bond motifs is 2. The molecule has 2 aromatic rings. The van der Waals surface area contributed by atoms with Crippen LogP contribution in [0.3, 0.4) is 0 Å². The molecule has 0 saturated heterocycles. The van der Waals surface area contributed by atoms with E-state index in [0.717, 1.165) is 16.3 Å². The average molecular weight is 404 g/mol. The maximum Gasteiger partial charge on any atom is 0.338 e. The number of nitrogens with two attached hydrogens (primary N) is 1. The highest BCUT2D eigenvalue weighted by molar-refractivity contribution is 8.17. The molecule has 146 valence electrons. The zero-order valence-corrected chi connectivity index (χ0v) is 17.2. The topological polar surface area (TPSA) is 91.7 Å². The standard InChI is InChI=1S/C22H20N4O2S/c1-12(2)28-21(27)18-13(3)25-22-26(20(24)17(11-23)29-22)19(18)16-10-6-8-14-7-4-5-9-15(14)16/h4-10,12,19H,24H2,1-3H3/t19-/m1/s1.